The maximum atomic E-state index is 11.8. The lowest BCUT2D eigenvalue weighted by atomic mass is 10.2. The van der Waals surface area contributed by atoms with Gasteiger partial charge in [-0.1, -0.05) is 13.8 Å². The summed E-state index contributed by atoms with van der Waals surface area (Å²) in [7, 11) is 1.75. The number of carbonyl (C=O) groups excluding carboxylic acids is 1. The number of rotatable bonds is 3. The van der Waals surface area contributed by atoms with Gasteiger partial charge in [0.1, 0.15) is 17.3 Å². The molecule has 0 unspecified atom stereocenters. The van der Waals surface area contributed by atoms with Gasteiger partial charge in [-0.2, -0.15) is 0 Å². The molecule has 26 heavy (non-hydrogen) atoms. The average molecular weight is 349 g/mol. The summed E-state index contributed by atoms with van der Waals surface area (Å²) >= 11 is 0. The van der Waals surface area contributed by atoms with Crippen molar-refractivity contribution in [1.82, 2.24) is 19.5 Å². The summed E-state index contributed by atoms with van der Waals surface area (Å²) in [4.78, 5) is 26.8. The van der Waals surface area contributed by atoms with Crippen LogP contribution in [0.25, 0.3) is 17.2 Å². The Bertz CT molecular complexity index is 980. The van der Waals surface area contributed by atoms with E-state index in [1.54, 1.807) is 24.3 Å². The van der Waals surface area contributed by atoms with Gasteiger partial charge in [-0.25, -0.2) is 15.0 Å². The third kappa shape index (κ3) is 2.71. The van der Waals surface area contributed by atoms with Crippen molar-refractivity contribution in [3.05, 3.63) is 48.7 Å². The molecular weight excluding hydrogens is 330 g/mol. The number of carbonyl (C=O) groups is 1. The first-order valence-corrected chi connectivity index (χ1v) is 8.45. The predicted molar refractivity (Wildman–Crippen MR) is 97.6 cm³/mol. The van der Waals surface area contributed by atoms with E-state index in [0.717, 1.165) is 28.7 Å². The quantitative estimate of drug-likeness (QED) is 0.727. The highest BCUT2D eigenvalue weighted by atomic mass is 16.5. The van der Waals surface area contributed by atoms with Crippen LogP contribution >= 0.6 is 0 Å². The van der Waals surface area contributed by atoms with Gasteiger partial charge in [-0.3, -0.25) is 9.36 Å². The molecule has 3 aromatic rings. The van der Waals surface area contributed by atoms with E-state index in [4.69, 9.17) is 4.74 Å². The molecule has 1 aliphatic heterocycles. The Balaban J connectivity index is 1.76. The highest BCUT2D eigenvalue weighted by Gasteiger charge is 2.23. The molecule has 2 aromatic heterocycles. The maximum absolute atomic E-state index is 11.8. The number of fused-ring (bicyclic) bond motifs is 1. The van der Waals surface area contributed by atoms with Crippen molar-refractivity contribution in [2.45, 2.75) is 19.8 Å². The maximum Gasteiger partial charge on any atom is 0.264 e. The number of nitrogens with zero attached hydrogens (tertiary/aromatic N) is 5. The van der Waals surface area contributed by atoms with Crippen molar-refractivity contribution in [1.29, 1.82) is 0 Å². The second kappa shape index (κ2) is 6.25. The van der Waals surface area contributed by atoms with Crippen LogP contribution in [0.3, 0.4) is 0 Å². The Morgan fingerprint density at radius 2 is 2.00 bits per heavy atom. The molecule has 0 saturated heterocycles. The summed E-state index contributed by atoms with van der Waals surface area (Å²) in [6.45, 7) is 4.17. The molecule has 3 heterocycles. The first-order valence-electron chi connectivity index (χ1n) is 8.45. The van der Waals surface area contributed by atoms with Crippen molar-refractivity contribution >= 4 is 11.6 Å². The minimum Gasteiger partial charge on any atom is -0.481 e. The van der Waals surface area contributed by atoms with Crippen LogP contribution in [0, 0.1) is 0 Å². The van der Waals surface area contributed by atoms with Gasteiger partial charge < -0.3 is 9.64 Å². The Hall–Kier alpha value is -3.22. The van der Waals surface area contributed by atoms with Crippen LogP contribution in [-0.4, -0.2) is 39.1 Å². The van der Waals surface area contributed by atoms with Crippen molar-refractivity contribution < 1.29 is 9.53 Å². The summed E-state index contributed by atoms with van der Waals surface area (Å²) in [5, 5.41) is 0. The zero-order valence-electron chi connectivity index (χ0n) is 14.9. The SMILES string of the molecule is CC(C)c1nccc(-c2nccn2-c2ccc3c(c2)OCC(=O)N3C)n1. The number of anilines is 1. The first kappa shape index (κ1) is 16.3. The number of imidazole rings is 1. The summed E-state index contributed by atoms with van der Waals surface area (Å²) in [6, 6.07) is 7.58. The molecule has 1 amide bonds. The molecule has 7 nitrogen and oxygen atoms in total. The van der Waals surface area contributed by atoms with E-state index >= 15 is 0 Å². The van der Waals surface area contributed by atoms with Crippen LogP contribution in [0.4, 0.5) is 5.69 Å². The van der Waals surface area contributed by atoms with Gasteiger partial charge in [-0.05, 0) is 18.2 Å². The topological polar surface area (TPSA) is 73.1 Å². The van der Waals surface area contributed by atoms with Crippen LogP contribution in [0.2, 0.25) is 0 Å². The lowest BCUT2D eigenvalue weighted by Crippen LogP contribution is -2.35. The Labute approximate surface area is 151 Å². The minimum atomic E-state index is -0.0595. The number of aromatic nitrogens is 4. The van der Waals surface area contributed by atoms with Gasteiger partial charge >= 0.3 is 0 Å². The van der Waals surface area contributed by atoms with Gasteiger partial charge in [0.05, 0.1) is 11.4 Å². The second-order valence-corrected chi connectivity index (χ2v) is 6.47. The van der Waals surface area contributed by atoms with Gasteiger partial charge in [0.15, 0.2) is 12.4 Å². The number of hydrogen-bond acceptors (Lipinski definition) is 5. The highest BCUT2D eigenvalue weighted by molar-refractivity contribution is 5.97. The van der Waals surface area contributed by atoms with E-state index in [2.05, 4.69) is 28.8 Å². The third-order valence-electron chi connectivity index (χ3n) is 4.37. The van der Waals surface area contributed by atoms with E-state index in [9.17, 15) is 4.79 Å². The Morgan fingerprint density at radius 3 is 2.81 bits per heavy atom. The highest BCUT2D eigenvalue weighted by Crippen LogP contribution is 2.34. The van der Waals surface area contributed by atoms with Crippen LogP contribution < -0.4 is 9.64 Å². The molecule has 0 spiro atoms. The zero-order valence-corrected chi connectivity index (χ0v) is 14.9. The van der Waals surface area contributed by atoms with Crippen molar-refractivity contribution in [2.75, 3.05) is 18.6 Å². The van der Waals surface area contributed by atoms with Crippen LogP contribution in [-0.2, 0) is 4.79 Å². The fourth-order valence-corrected chi connectivity index (χ4v) is 2.89. The number of likely N-dealkylation sites (N-methyl/N-ethyl adjacent to an activating group) is 1. The van der Waals surface area contributed by atoms with Crippen molar-refractivity contribution in [3.8, 4) is 23.0 Å². The number of amides is 1. The summed E-state index contributed by atoms with van der Waals surface area (Å²) in [6.07, 6.45) is 5.38. The monoisotopic (exact) mass is 349 g/mol. The van der Waals surface area contributed by atoms with Crippen LogP contribution in [0.15, 0.2) is 42.9 Å². The standard InChI is InChI=1S/C19H19N5O2/c1-12(2)18-20-7-6-14(22-18)19-21-8-9-24(19)13-4-5-15-16(10-13)26-11-17(25)23(15)3/h4-10,12H,11H2,1-3H3. The third-order valence-corrected chi connectivity index (χ3v) is 4.37. The minimum absolute atomic E-state index is 0.0490. The molecule has 0 aliphatic carbocycles. The molecule has 0 atom stereocenters. The molecular formula is C19H19N5O2. The zero-order chi connectivity index (χ0) is 18.3. The second-order valence-electron chi connectivity index (χ2n) is 6.47. The molecule has 0 fully saturated rings. The van der Waals surface area contributed by atoms with E-state index < -0.39 is 0 Å². The van der Waals surface area contributed by atoms with E-state index in [1.165, 1.54) is 0 Å². The van der Waals surface area contributed by atoms with E-state index in [-0.39, 0.29) is 18.4 Å². The van der Waals surface area contributed by atoms with Gasteiger partial charge in [0.2, 0.25) is 0 Å². The molecule has 1 aromatic carbocycles. The largest absolute Gasteiger partial charge is 0.481 e. The van der Waals surface area contributed by atoms with Gasteiger partial charge in [0, 0.05) is 37.6 Å². The number of hydrogen-bond donors (Lipinski definition) is 0. The normalized spacial score (nSPS) is 13.7. The summed E-state index contributed by atoms with van der Waals surface area (Å²) < 4.78 is 7.54. The van der Waals surface area contributed by atoms with Gasteiger partial charge in [0.25, 0.3) is 5.91 Å². The van der Waals surface area contributed by atoms with Crippen LogP contribution in [0.5, 0.6) is 5.75 Å². The average Bonchev–Trinajstić information content (AvgIpc) is 3.14. The summed E-state index contributed by atoms with van der Waals surface area (Å²) in [5.41, 5.74) is 2.42. The smallest absolute Gasteiger partial charge is 0.264 e. The molecule has 7 heteroatoms. The molecule has 0 N–H and O–H groups in total. The molecule has 4 rings (SSSR count). The van der Waals surface area contributed by atoms with Gasteiger partial charge in [-0.15, -0.1) is 0 Å². The number of benzene rings is 1. The fraction of sp³-hybridized carbons (Fsp3) is 0.263. The summed E-state index contributed by atoms with van der Waals surface area (Å²) in [5.74, 6) is 2.37. The predicted octanol–water partition coefficient (Wildman–Crippen LogP) is 2.81. The molecule has 0 bridgehead atoms. The first-order chi connectivity index (χ1) is 12.5. The van der Waals surface area contributed by atoms with Crippen molar-refractivity contribution in [2.24, 2.45) is 0 Å². The van der Waals surface area contributed by atoms with E-state index in [1.807, 2.05) is 35.0 Å². The molecule has 0 saturated carbocycles. The Morgan fingerprint density at radius 1 is 1.15 bits per heavy atom. The molecule has 0 radical (unpaired) electrons. The molecule has 1 aliphatic rings. The lowest BCUT2D eigenvalue weighted by Gasteiger charge is -2.26. The number of ether oxygens (including phenoxy) is 1. The van der Waals surface area contributed by atoms with Crippen LogP contribution in [0.1, 0.15) is 25.6 Å². The Kier molecular flexibility index (Phi) is 3.91. The lowest BCUT2D eigenvalue weighted by molar-refractivity contribution is -0.120. The van der Waals surface area contributed by atoms with Crippen molar-refractivity contribution in [3.63, 3.8) is 0 Å². The fourth-order valence-electron chi connectivity index (χ4n) is 2.89. The molecule has 132 valence electrons. The van der Waals surface area contributed by atoms with E-state index in [0.29, 0.717) is 5.75 Å².